The van der Waals surface area contributed by atoms with Crippen LogP contribution in [0.5, 0.6) is 0 Å². The largest absolute Gasteiger partial charge is 0.452 e. The highest BCUT2D eigenvalue weighted by Crippen LogP contribution is 2.25. The summed E-state index contributed by atoms with van der Waals surface area (Å²) in [6.07, 6.45) is 0.266. The first-order valence-corrected chi connectivity index (χ1v) is 13.0. The van der Waals surface area contributed by atoms with Crippen molar-refractivity contribution in [2.24, 2.45) is 0 Å². The third kappa shape index (κ3) is 5.28. The van der Waals surface area contributed by atoms with E-state index in [-0.39, 0.29) is 28.4 Å². The van der Waals surface area contributed by atoms with Gasteiger partial charge in [0.25, 0.3) is 15.9 Å². The van der Waals surface area contributed by atoms with Crippen LogP contribution in [0.25, 0.3) is 0 Å². The van der Waals surface area contributed by atoms with Gasteiger partial charge in [-0.25, -0.2) is 21.6 Å². The number of rotatable bonds is 7. The molecule has 172 valence electrons. The van der Waals surface area contributed by atoms with Crippen molar-refractivity contribution in [1.29, 1.82) is 0 Å². The predicted molar refractivity (Wildman–Crippen MR) is 119 cm³/mol. The molecule has 32 heavy (non-hydrogen) atoms. The van der Waals surface area contributed by atoms with Gasteiger partial charge in [0.15, 0.2) is 16.4 Å². The SMILES string of the molecule is CN(c1ccccc1)S(=O)(=O)c1ccccc1C(=O)OCC(=O)NC1(C)CCS(=O)(=O)C1. The minimum Gasteiger partial charge on any atom is -0.452 e. The van der Waals surface area contributed by atoms with Crippen molar-refractivity contribution < 1.29 is 31.2 Å². The van der Waals surface area contributed by atoms with Gasteiger partial charge in [0.1, 0.15) is 4.90 Å². The zero-order chi connectivity index (χ0) is 23.6. The second kappa shape index (κ2) is 8.91. The Balaban J connectivity index is 1.73. The van der Waals surface area contributed by atoms with Gasteiger partial charge in [-0.05, 0) is 37.6 Å². The molecule has 1 aliphatic rings. The van der Waals surface area contributed by atoms with Gasteiger partial charge in [-0.3, -0.25) is 9.10 Å². The highest BCUT2D eigenvalue weighted by molar-refractivity contribution is 7.93. The van der Waals surface area contributed by atoms with E-state index in [2.05, 4.69) is 5.32 Å². The summed E-state index contributed by atoms with van der Waals surface area (Å²) in [6.45, 7) is 0.940. The van der Waals surface area contributed by atoms with Crippen molar-refractivity contribution in [3.63, 3.8) is 0 Å². The van der Waals surface area contributed by atoms with Gasteiger partial charge in [0.05, 0.1) is 28.3 Å². The number of sulfone groups is 1. The van der Waals surface area contributed by atoms with Gasteiger partial charge in [-0.15, -0.1) is 0 Å². The number of nitrogens with zero attached hydrogens (tertiary/aromatic N) is 1. The van der Waals surface area contributed by atoms with E-state index in [1.165, 1.54) is 31.3 Å². The molecule has 2 aromatic carbocycles. The zero-order valence-electron chi connectivity index (χ0n) is 17.6. The third-order valence-corrected chi connectivity index (χ3v) is 8.89. The maximum Gasteiger partial charge on any atom is 0.340 e. The Kier molecular flexibility index (Phi) is 6.61. The monoisotopic (exact) mass is 480 g/mol. The minimum absolute atomic E-state index is 0.0241. The van der Waals surface area contributed by atoms with Crippen molar-refractivity contribution in [3.05, 3.63) is 60.2 Å². The summed E-state index contributed by atoms with van der Waals surface area (Å²) in [4.78, 5) is 24.6. The van der Waals surface area contributed by atoms with E-state index in [0.29, 0.717) is 5.69 Å². The number of carbonyl (C=O) groups excluding carboxylic acids is 2. The molecule has 1 N–H and O–H groups in total. The molecule has 2 aromatic rings. The van der Waals surface area contributed by atoms with Crippen LogP contribution in [0.4, 0.5) is 5.69 Å². The molecule has 1 unspecified atom stereocenters. The number of benzene rings is 2. The standard InChI is InChI=1S/C21H24N2O7S2/c1-21(12-13-31(26,27)15-21)22-19(24)14-30-20(25)17-10-6-7-11-18(17)32(28,29)23(2)16-8-4-3-5-9-16/h3-11H,12-15H2,1-2H3,(H,22,24). The van der Waals surface area contributed by atoms with Gasteiger partial charge in [0.2, 0.25) is 0 Å². The van der Waals surface area contributed by atoms with Crippen LogP contribution in [0.2, 0.25) is 0 Å². The molecular weight excluding hydrogens is 456 g/mol. The quantitative estimate of drug-likeness (QED) is 0.593. The van der Waals surface area contributed by atoms with E-state index in [0.717, 1.165) is 4.31 Å². The van der Waals surface area contributed by atoms with E-state index in [4.69, 9.17) is 4.74 Å². The third-order valence-electron chi connectivity index (χ3n) is 5.14. The van der Waals surface area contributed by atoms with Crippen LogP contribution >= 0.6 is 0 Å². The number of anilines is 1. The van der Waals surface area contributed by atoms with E-state index in [1.54, 1.807) is 37.3 Å². The van der Waals surface area contributed by atoms with Crippen molar-refractivity contribution in [1.82, 2.24) is 5.32 Å². The summed E-state index contributed by atoms with van der Waals surface area (Å²) in [5.41, 5.74) is -0.727. The summed E-state index contributed by atoms with van der Waals surface area (Å²) in [5.74, 6) is -1.86. The Morgan fingerprint density at radius 1 is 1.09 bits per heavy atom. The maximum absolute atomic E-state index is 13.1. The predicted octanol–water partition coefficient (Wildman–Crippen LogP) is 1.36. The molecule has 0 radical (unpaired) electrons. The molecule has 1 fully saturated rings. The lowest BCUT2D eigenvalue weighted by molar-refractivity contribution is -0.125. The lowest BCUT2D eigenvalue weighted by Crippen LogP contribution is -2.48. The smallest absolute Gasteiger partial charge is 0.340 e. The highest BCUT2D eigenvalue weighted by Gasteiger charge is 2.39. The van der Waals surface area contributed by atoms with Crippen molar-refractivity contribution >= 4 is 37.4 Å². The number of nitrogens with one attached hydrogen (secondary N) is 1. The summed E-state index contributed by atoms with van der Waals surface area (Å²) in [7, 11) is -5.93. The Morgan fingerprint density at radius 3 is 2.34 bits per heavy atom. The number of ether oxygens (including phenoxy) is 1. The van der Waals surface area contributed by atoms with Gasteiger partial charge in [-0.1, -0.05) is 30.3 Å². The lowest BCUT2D eigenvalue weighted by atomic mass is 10.0. The molecule has 0 saturated carbocycles. The molecule has 0 bridgehead atoms. The molecule has 0 aliphatic carbocycles. The normalized spacial score (nSPS) is 19.8. The molecular formula is C21H24N2O7S2. The van der Waals surface area contributed by atoms with Gasteiger partial charge < -0.3 is 10.1 Å². The van der Waals surface area contributed by atoms with Crippen molar-refractivity contribution in [3.8, 4) is 0 Å². The summed E-state index contributed by atoms with van der Waals surface area (Å²) < 4.78 is 55.6. The van der Waals surface area contributed by atoms with E-state index in [1.807, 2.05) is 0 Å². The van der Waals surface area contributed by atoms with Crippen LogP contribution in [0.1, 0.15) is 23.7 Å². The molecule has 11 heteroatoms. The molecule has 1 atom stereocenters. The van der Waals surface area contributed by atoms with Gasteiger partial charge in [0, 0.05) is 7.05 Å². The molecule has 1 aliphatic heterocycles. The molecule has 0 aromatic heterocycles. The van der Waals surface area contributed by atoms with Gasteiger partial charge in [-0.2, -0.15) is 0 Å². The second-order valence-electron chi connectivity index (χ2n) is 7.83. The Labute approximate surface area is 187 Å². The van der Waals surface area contributed by atoms with Crippen LogP contribution in [0.3, 0.4) is 0 Å². The Hall–Kier alpha value is -2.92. The highest BCUT2D eigenvalue weighted by atomic mass is 32.2. The van der Waals surface area contributed by atoms with Gasteiger partial charge >= 0.3 is 5.97 Å². The number of hydrogen-bond acceptors (Lipinski definition) is 7. The number of para-hydroxylation sites is 1. The fraction of sp³-hybridized carbons (Fsp3) is 0.333. The van der Waals surface area contributed by atoms with Crippen molar-refractivity contribution in [2.75, 3.05) is 29.5 Å². The van der Waals surface area contributed by atoms with E-state index < -0.39 is 43.9 Å². The average molecular weight is 481 g/mol. The zero-order valence-corrected chi connectivity index (χ0v) is 19.3. The fourth-order valence-corrected chi connectivity index (χ4v) is 6.94. The minimum atomic E-state index is -4.08. The molecule has 3 rings (SSSR count). The number of amides is 1. The molecule has 1 amide bonds. The number of hydrogen-bond donors (Lipinski definition) is 1. The lowest BCUT2D eigenvalue weighted by Gasteiger charge is -2.23. The number of carbonyl (C=O) groups is 2. The summed E-state index contributed by atoms with van der Waals surface area (Å²) in [6, 6.07) is 13.9. The fourth-order valence-electron chi connectivity index (χ4n) is 3.48. The van der Waals surface area contributed by atoms with Crippen LogP contribution in [-0.2, 0) is 29.4 Å². The Bertz CT molecular complexity index is 1230. The first-order chi connectivity index (χ1) is 14.9. The topological polar surface area (TPSA) is 127 Å². The molecule has 1 heterocycles. The van der Waals surface area contributed by atoms with E-state index in [9.17, 15) is 26.4 Å². The number of sulfonamides is 1. The van der Waals surface area contributed by atoms with Crippen LogP contribution < -0.4 is 9.62 Å². The summed E-state index contributed by atoms with van der Waals surface area (Å²) in [5, 5.41) is 2.58. The Morgan fingerprint density at radius 2 is 1.72 bits per heavy atom. The van der Waals surface area contributed by atoms with Crippen LogP contribution in [-0.4, -0.2) is 59.4 Å². The number of esters is 1. The molecule has 1 saturated heterocycles. The first kappa shape index (κ1) is 23.7. The summed E-state index contributed by atoms with van der Waals surface area (Å²) >= 11 is 0. The second-order valence-corrected chi connectivity index (χ2v) is 12.0. The van der Waals surface area contributed by atoms with Crippen LogP contribution in [0.15, 0.2) is 59.5 Å². The molecule has 0 spiro atoms. The van der Waals surface area contributed by atoms with Crippen molar-refractivity contribution in [2.45, 2.75) is 23.8 Å². The average Bonchev–Trinajstić information content (AvgIpc) is 3.04. The maximum atomic E-state index is 13.1. The first-order valence-electron chi connectivity index (χ1n) is 9.75. The van der Waals surface area contributed by atoms with E-state index >= 15 is 0 Å². The molecule has 9 nitrogen and oxygen atoms in total. The van der Waals surface area contributed by atoms with Crippen LogP contribution in [0, 0.1) is 0 Å².